The molecule has 1 fully saturated rings. The second kappa shape index (κ2) is 6.89. The lowest BCUT2D eigenvalue weighted by atomic mass is 10.1. The summed E-state index contributed by atoms with van der Waals surface area (Å²) in [6.07, 6.45) is 5.96. The SMILES string of the molecule is O=C(NC1CCCCCC1Br)c1cccc(I)c1. The van der Waals surface area contributed by atoms with Gasteiger partial charge in [0.2, 0.25) is 0 Å². The minimum absolute atomic E-state index is 0.0462. The highest BCUT2D eigenvalue weighted by Gasteiger charge is 2.23. The Balaban J connectivity index is 2.01. The van der Waals surface area contributed by atoms with Crippen molar-refractivity contribution in [1.82, 2.24) is 5.32 Å². The second-order valence-corrected chi connectivity index (χ2v) is 7.17. The minimum atomic E-state index is 0.0462. The molecule has 0 aromatic heterocycles. The van der Waals surface area contributed by atoms with Crippen molar-refractivity contribution in [3.8, 4) is 0 Å². The number of benzene rings is 1. The highest BCUT2D eigenvalue weighted by molar-refractivity contribution is 14.1. The Morgan fingerprint density at radius 3 is 2.83 bits per heavy atom. The molecule has 4 heteroatoms. The fraction of sp³-hybridized carbons (Fsp3) is 0.500. The molecule has 2 unspecified atom stereocenters. The molecule has 2 atom stereocenters. The van der Waals surface area contributed by atoms with Gasteiger partial charge in [-0.1, -0.05) is 41.3 Å². The molecule has 0 spiro atoms. The highest BCUT2D eigenvalue weighted by Crippen LogP contribution is 2.24. The Morgan fingerprint density at radius 2 is 2.06 bits per heavy atom. The summed E-state index contributed by atoms with van der Waals surface area (Å²) < 4.78 is 1.09. The van der Waals surface area contributed by atoms with E-state index in [-0.39, 0.29) is 11.9 Å². The maximum atomic E-state index is 12.2. The summed E-state index contributed by atoms with van der Waals surface area (Å²) in [4.78, 5) is 12.6. The first-order chi connectivity index (χ1) is 8.66. The molecule has 1 aromatic carbocycles. The van der Waals surface area contributed by atoms with E-state index in [0.29, 0.717) is 4.83 Å². The lowest BCUT2D eigenvalue weighted by Crippen LogP contribution is -2.40. The zero-order valence-electron chi connectivity index (χ0n) is 10.2. The number of hydrogen-bond acceptors (Lipinski definition) is 1. The van der Waals surface area contributed by atoms with E-state index in [0.717, 1.165) is 22.0 Å². The molecule has 0 bridgehead atoms. The number of hydrogen-bond donors (Lipinski definition) is 1. The van der Waals surface area contributed by atoms with Crippen LogP contribution in [0, 0.1) is 3.57 Å². The van der Waals surface area contributed by atoms with Gasteiger partial charge in [0.25, 0.3) is 5.91 Å². The van der Waals surface area contributed by atoms with Gasteiger partial charge in [-0.25, -0.2) is 0 Å². The highest BCUT2D eigenvalue weighted by atomic mass is 127. The first-order valence-corrected chi connectivity index (χ1v) is 8.37. The van der Waals surface area contributed by atoms with Crippen molar-refractivity contribution in [3.63, 3.8) is 0 Å². The summed E-state index contributed by atoms with van der Waals surface area (Å²) in [5, 5.41) is 3.16. The van der Waals surface area contributed by atoms with Crippen LogP contribution >= 0.6 is 38.5 Å². The number of nitrogens with one attached hydrogen (secondary N) is 1. The second-order valence-electron chi connectivity index (χ2n) is 4.74. The molecular formula is C14H17BrINO. The zero-order chi connectivity index (χ0) is 13.0. The van der Waals surface area contributed by atoms with E-state index in [2.05, 4.69) is 43.8 Å². The van der Waals surface area contributed by atoms with Crippen LogP contribution in [0.15, 0.2) is 24.3 Å². The van der Waals surface area contributed by atoms with E-state index in [1.165, 1.54) is 19.3 Å². The molecule has 1 aliphatic rings. The summed E-state index contributed by atoms with van der Waals surface area (Å²) in [6.45, 7) is 0. The Morgan fingerprint density at radius 1 is 1.28 bits per heavy atom. The van der Waals surface area contributed by atoms with Gasteiger partial charge in [-0.15, -0.1) is 0 Å². The first-order valence-electron chi connectivity index (χ1n) is 6.37. The molecule has 0 radical (unpaired) electrons. The van der Waals surface area contributed by atoms with Crippen LogP contribution in [0.5, 0.6) is 0 Å². The van der Waals surface area contributed by atoms with Gasteiger partial charge in [0.1, 0.15) is 0 Å². The van der Waals surface area contributed by atoms with Crippen molar-refractivity contribution in [2.45, 2.75) is 43.0 Å². The van der Waals surface area contributed by atoms with Crippen LogP contribution in [0.4, 0.5) is 0 Å². The molecule has 1 N–H and O–H groups in total. The molecule has 0 heterocycles. The smallest absolute Gasteiger partial charge is 0.251 e. The molecule has 2 rings (SSSR count). The topological polar surface area (TPSA) is 29.1 Å². The molecule has 0 saturated heterocycles. The average Bonchev–Trinajstić information content (AvgIpc) is 2.55. The molecule has 1 amide bonds. The van der Waals surface area contributed by atoms with E-state index in [4.69, 9.17) is 0 Å². The van der Waals surface area contributed by atoms with Crippen LogP contribution < -0.4 is 5.32 Å². The van der Waals surface area contributed by atoms with Crippen molar-refractivity contribution in [1.29, 1.82) is 0 Å². The quantitative estimate of drug-likeness (QED) is 0.434. The number of halogens is 2. The lowest BCUT2D eigenvalue weighted by molar-refractivity contribution is 0.0935. The number of rotatable bonds is 2. The Kier molecular flexibility index (Phi) is 5.48. The van der Waals surface area contributed by atoms with Crippen molar-refractivity contribution < 1.29 is 4.79 Å². The first kappa shape index (κ1) is 14.3. The normalized spacial score (nSPS) is 24.3. The number of carbonyl (C=O) groups is 1. The van der Waals surface area contributed by atoms with Gasteiger partial charge < -0.3 is 5.32 Å². The van der Waals surface area contributed by atoms with Crippen LogP contribution in [-0.4, -0.2) is 16.8 Å². The third-order valence-electron chi connectivity index (χ3n) is 3.33. The van der Waals surface area contributed by atoms with Gasteiger partial charge in [0.05, 0.1) is 0 Å². The third kappa shape index (κ3) is 3.95. The fourth-order valence-corrected chi connectivity index (χ4v) is 3.57. The van der Waals surface area contributed by atoms with Gasteiger partial charge >= 0.3 is 0 Å². The molecule has 2 nitrogen and oxygen atoms in total. The Labute approximate surface area is 130 Å². The fourth-order valence-electron chi connectivity index (χ4n) is 2.31. The van der Waals surface area contributed by atoms with Crippen LogP contribution in [0.2, 0.25) is 0 Å². The zero-order valence-corrected chi connectivity index (χ0v) is 13.9. The van der Waals surface area contributed by atoms with Crippen LogP contribution in [-0.2, 0) is 0 Å². The third-order valence-corrected chi connectivity index (χ3v) is 5.10. The maximum absolute atomic E-state index is 12.2. The predicted molar refractivity (Wildman–Crippen MR) is 86.2 cm³/mol. The largest absolute Gasteiger partial charge is 0.348 e. The molecule has 18 heavy (non-hydrogen) atoms. The number of alkyl halides is 1. The standard InChI is InChI=1S/C14H17BrINO/c15-12-7-2-1-3-8-13(12)17-14(18)10-5-4-6-11(16)9-10/h4-6,9,12-13H,1-3,7-8H2,(H,17,18). The van der Waals surface area contributed by atoms with Crippen molar-refractivity contribution >= 4 is 44.4 Å². The molecule has 1 saturated carbocycles. The van der Waals surface area contributed by atoms with Gasteiger partial charge in [-0.2, -0.15) is 0 Å². The minimum Gasteiger partial charge on any atom is -0.348 e. The summed E-state index contributed by atoms with van der Waals surface area (Å²) in [5.74, 6) is 0.0462. The van der Waals surface area contributed by atoms with E-state index in [1.54, 1.807) is 0 Å². The molecule has 98 valence electrons. The van der Waals surface area contributed by atoms with E-state index in [1.807, 2.05) is 24.3 Å². The lowest BCUT2D eigenvalue weighted by Gasteiger charge is -2.21. The summed E-state index contributed by atoms with van der Waals surface area (Å²) in [6, 6.07) is 7.98. The van der Waals surface area contributed by atoms with Crippen molar-refractivity contribution in [3.05, 3.63) is 33.4 Å². The molecular weight excluding hydrogens is 405 g/mol. The van der Waals surface area contributed by atoms with Gasteiger partial charge in [0.15, 0.2) is 0 Å². The van der Waals surface area contributed by atoms with Crippen LogP contribution in [0.25, 0.3) is 0 Å². The monoisotopic (exact) mass is 421 g/mol. The van der Waals surface area contributed by atoms with Crippen LogP contribution in [0.1, 0.15) is 42.5 Å². The van der Waals surface area contributed by atoms with Gasteiger partial charge in [-0.3, -0.25) is 4.79 Å². The maximum Gasteiger partial charge on any atom is 0.251 e. The number of amides is 1. The van der Waals surface area contributed by atoms with E-state index in [9.17, 15) is 4.79 Å². The summed E-state index contributed by atoms with van der Waals surface area (Å²) >= 11 is 5.93. The van der Waals surface area contributed by atoms with Gasteiger partial charge in [0, 0.05) is 20.0 Å². The van der Waals surface area contributed by atoms with E-state index < -0.39 is 0 Å². The summed E-state index contributed by atoms with van der Waals surface area (Å²) in [7, 11) is 0. The van der Waals surface area contributed by atoms with Crippen molar-refractivity contribution in [2.75, 3.05) is 0 Å². The van der Waals surface area contributed by atoms with Gasteiger partial charge in [-0.05, 0) is 53.6 Å². The molecule has 1 aromatic rings. The Hall–Kier alpha value is -0.100. The average molecular weight is 422 g/mol. The molecule has 1 aliphatic carbocycles. The molecule has 0 aliphatic heterocycles. The predicted octanol–water partition coefficient (Wildman–Crippen LogP) is 4.12. The summed E-state index contributed by atoms with van der Waals surface area (Å²) in [5.41, 5.74) is 0.755. The number of carbonyl (C=O) groups excluding carboxylic acids is 1. The Bertz CT molecular complexity index is 424. The van der Waals surface area contributed by atoms with Crippen molar-refractivity contribution in [2.24, 2.45) is 0 Å². The van der Waals surface area contributed by atoms with Crippen LogP contribution in [0.3, 0.4) is 0 Å². The van der Waals surface area contributed by atoms with E-state index >= 15 is 0 Å².